The quantitative estimate of drug-likeness (QED) is 0.480. The molecule has 1 radical (unpaired) electrons. The lowest BCUT2D eigenvalue weighted by Gasteiger charge is -1.91. The van der Waals surface area contributed by atoms with Gasteiger partial charge in [0.15, 0.2) is 0 Å². The van der Waals surface area contributed by atoms with E-state index in [2.05, 4.69) is 5.32 Å². The topological polar surface area (TPSA) is 21.3 Å². The summed E-state index contributed by atoms with van der Waals surface area (Å²) in [6.07, 6.45) is 7.03. The molecule has 2 nitrogen and oxygen atoms in total. The van der Waals surface area contributed by atoms with Crippen LogP contribution >= 0.6 is 0 Å². The standard InChI is InChI=1S/C5H6NO/c1-2-4-7-5-6-3-1/h1-6H. The zero-order chi connectivity index (χ0) is 4.95. The smallest absolute Gasteiger partial charge is 0.224 e. The molecule has 1 heterocycles. The van der Waals surface area contributed by atoms with Crippen molar-refractivity contribution in [3.05, 3.63) is 31.3 Å². The largest absolute Gasteiger partial charge is 0.472 e. The Kier molecular flexibility index (Phi) is 1.39. The fourth-order valence-electron chi connectivity index (χ4n) is 0.320. The molecule has 0 spiro atoms. The van der Waals surface area contributed by atoms with Gasteiger partial charge in [0.25, 0.3) is 0 Å². The molecule has 1 rings (SSSR count). The van der Waals surface area contributed by atoms with Crippen molar-refractivity contribution >= 4 is 0 Å². The molecule has 0 fully saturated rings. The van der Waals surface area contributed by atoms with Crippen molar-refractivity contribution in [2.24, 2.45) is 0 Å². The summed E-state index contributed by atoms with van der Waals surface area (Å²) in [6.45, 7) is 1.50. The van der Waals surface area contributed by atoms with Crippen LogP contribution in [0.15, 0.2) is 24.6 Å². The minimum absolute atomic E-state index is 1.50. The highest BCUT2D eigenvalue weighted by atomic mass is 16.5. The van der Waals surface area contributed by atoms with Crippen molar-refractivity contribution in [2.45, 2.75) is 0 Å². The average molecular weight is 96.1 g/mol. The number of allylic oxidation sites excluding steroid dienone is 2. The molecular formula is C5H6NO. The fraction of sp³-hybridized carbons (Fsp3) is 0. The highest BCUT2D eigenvalue weighted by Crippen LogP contribution is 1.85. The number of nitrogens with one attached hydrogen (secondary N) is 1. The van der Waals surface area contributed by atoms with Crippen LogP contribution in [-0.2, 0) is 4.74 Å². The van der Waals surface area contributed by atoms with Crippen LogP contribution in [0.1, 0.15) is 0 Å². The minimum atomic E-state index is 1.50. The van der Waals surface area contributed by atoms with Gasteiger partial charge in [0.1, 0.15) is 0 Å². The van der Waals surface area contributed by atoms with Crippen molar-refractivity contribution in [2.75, 3.05) is 0 Å². The summed E-state index contributed by atoms with van der Waals surface area (Å²) in [6, 6.07) is 0. The lowest BCUT2D eigenvalue weighted by atomic mass is 10.6. The van der Waals surface area contributed by atoms with E-state index in [-0.39, 0.29) is 0 Å². The van der Waals surface area contributed by atoms with Crippen LogP contribution in [0.25, 0.3) is 0 Å². The Balaban J connectivity index is 2.39. The maximum absolute atomic E-state index is 4.72. The predicted molar refractivity (Wildman–Crippen MR) is 26.8 cm³/mol. The number of hydrogen-bond donors (Lipinski definition) is 1. The summed E-state index contributed by atoms with van der Waals surface area (Å²) in [7, 11) is 0. The lowest BCUT2D eigenvalue weighted by Crippen LogP contribution is -1.97. The summed E-state index contributed by atoms with van der Waals surface area (Å²) in [4.78, 5) is 0. The molecule has 0 aromatic heterocycles. The molecule has 0 aromatic carbocycles. The number of hydrogen-bond acceptors (Lipinski definition) is 2. The summed E-state index contributed by atoms with van der Waals surface area (Å²) in [5.74, 6) is 0. The monoisotopic (exact) mass is 96.0 g/mol. The van der Waals surface area contributed by atoms with E-state index in [1.54, 1.807) is 18.5 Å². The van der Waals surface area contributed by atoms with Gasteiger partial charge in [0.2, 0.25) is 6.73 Å². The second kappa shape index (κ2) is 2.29. The van der Waals surface area contributed by atoms with E-state index in [1.165, 1.54) is 6.73 Å². The zero-order valence-corrected chi connectivity index (χ0v) is 3.79. The first-order valence-electron chi connectivity index (χ1n) is 2.05. The Hall–Kier alpha value is -0.920. The molecule has 1 N–H and O–H groups in total. The highest BCUT2D eigenvalue weighted by molar-refractivity contribution is 5.01. The van der Waals surface area contributed by atoms with Gasteiger partial charge in [0, 0.05) is 0 Å². The van der Waals surface area contributed by atoms with Gasteiger partial charge in [-0.2, -0.15) is 0 Å². The van der Waals surface area contributed by atoms with E-state index < -0.39 is 0 Å². The number of ether oxygens (including phenoxy) is 1. The summed E-state index contributed by atoms with van der Waals surface area (Å²) < 4.78 is 4.72. The van der Waals surface area contributed by atoms with Gasteiger partial charge in [-0.1, -0.05) is 0 Å². The SMILES string of the molecule is [CH]1NC=CC=CO1. The van der Waals surface area contributed by atoms with E-state index >= 15 is 0 Å². The van der Waals surface area contributed by atoms with Gasteiger partial charge in [-0.3, -0.25) is 0 Å². The van der Waals surface area contributed by atoms with Crippen LogP contribution in [0.4, 0.5) is 0 Å². The average Bonchev–Trinajstić information content (AvgIpc) is 1.90. The van der Waals surface area contributed by atoms with Gasteiger partial charge in [-0.25, -0.2) is 0 Å². The van der Waals surface area contributed by atoms with Crippen LogP contribution < -0.4 is 5.32 Å². The van der Waals surface area contributed by atoms with E-state index in [9.17, 15) is 0 Å². The zero-order valence-electron chi connectivity index (χ0n) is 3.79. The first kappa shape index (κ1) is 4.24. The molecule has 0 aliphatic carbocycles. The maximum atomic E-state index is 4.72. The normalized spacial score (nSPS) is 17.1. The molecule has 0 atom stereocenters. The number of rotatable bonds is 0. The first-order chi connectivity index (χ1) is 3.50. The third-order valence-corrected chi connectivity index (χ3v) is 0.597. The van der Waals surface area contributed by atoms with Gasteiger partial charge in [-0.15, -0.1) is 0 Å². The molecule has 1 aliphatic rings. The highest BCUT2D eigenvalue weighted by Gasteiger charge is 1.78. The molecular weight excluding hydrogens is 90.1 g/mol. The Morgan fingerprint density at radius 3 is 3.29 bits per heavy atom. The van der Waals surface area contributed by atoms with E-state index in [0.29, 0.717) is 0 Å². The van der Waals surface area contributed by atoms with Gasteiger partial charge >= 0.3 is 0 Å². The van der Waals surface area contributed by atoms with Gasteiger partial charge in [0.05, 0.1) is 6.26 Å². The van der Waals surface area contributed by atoms with Crippen molar-refractivity contribution in [3.8, 4) is 0 Å². The molecule has 0 amide bonds. The van der Waals surface area contributed by atoms with Crippen LogP contribution in [0.3, 0.4) is 0 Å². The Morgan fingerprint density at radius 2 is 2.29 bits per heavy atom. The predicted octanol–water partition coefficient (Wildman–Crippen LogP) is 0.753. The van der Waals surface area contributed by atoms with E-state index in [0.717, 1.165) is 0 Å². The molecule has 0 bridgehead atoms. The van der Waals surface area contributed by atoms with Crippen LogP contribution in [0.5, 0.6) is 0 Å². The third kappa shape index (κ3) is 1.30. The summed E-state index contributed by atoms with van der Waals surface area (Å²) >= 11 is 0. The van der Waals surface area contributed by atoms with Crippen molar-refractivity contribution in [3.63, 3.8) is 0 Å². The molecule has 37 valence electrons. The van der Waals surface area contributed by atoms with Crippen LogP contribution in [-0.4, -0.2) is 0 Å². The van der Waals surface area contributed by atoms with Crippen molar-refractivity contribution in [1.82, 2.24) is 5.32 Å². The third-order valence-electron chi connectivity index (χ3n) is 0.597. The minimum Gasteiger partial charge on any atom is -0.472 e. The molecule has 0 saturated carbocycles. The van der Waals surface area contributed by atoms with Gasteiger partial charge < -0.3 is 10.1 Å². The molecule has 1 aliphatic heterocycles. The second-order valence-corrected chi connectivity index (χ2v) is 1.11. The fourth-order valence-corrected chi connectivity index (χ4v) is 0.320. The molecule has 0 unspecified atom stereocenters. The Bertz CT molecular complexity index is 84.3. The summed E-state index contributed by atoms with van der Waals surface area (Å²) in [5.41, 5.74) is 0. The Labute approximate surface area is 42.5 Å². The van der Waals surface area contributed by atoms with E-state index in [4.69, 9.17) is 4.74 Å². The van der Waals surface area contributed by atoms with Crippen molar-refractivity contribution in [1.29, 1.82) is 0 Å². The van der Waals surface area contributed by atoms with Gasteiger partial charge in [-0.05, 0) is 18.4 Å². The molecule has 0 aromatic rings. The second-order valence-electron chi connectivity index (χ2n) is 1.11. The molecule has 2 heteroatoms. The lowest BCUT2D eigenvalue weighted by molar-refractivity contribution is 0.318. The Morgan fingerprint density at radius 1 is 1.29 bits per heavy atom. The van der Waals surface area contributed by atoms with E-state index in [1.807, 2.05) is 6.08 Å². The summed E-state index contributed by atoms with van der Waals surface area (Å²) in [5, 5.41) is 2.76. The van der Waals surface area contributed by atoms with Crippen LogP contribution in [0.2, 0.25) is 0 Å². The molecule has 7 heavy (non-hydrogen) atoms. The molecule has 0 saturated heterocycles. The van der Waals surface area contributed by atoms with Crippen molar-refractivity contribution < 1.29 is 4.74 Å². The van der Waals surface area contributed by atoms with Crippen LogP contribution in [0, 0.1) is 6.73 Å². The first-order valence-corrected chi connectivity index (χ1v) is 2.05. The maximum Gasteiger partial charge on any atom is 0.224 e.